The summed E-state index contributed by atoms with van der Waals surface area (Å²) in [6.45, 7) is 19.6. The van der Waals surface area contributed by atoms with Gasteiger partial charge >= 0.3 is 0 Å². The third-order valence-electron chi connectivity index (χ3n) is 7.40. The normalized spacial score (nSPS) is 24.2. The van der Waals surface area contributed by atoms with Crippen LogP contribution >= 0.6 is 0 Å². The summed E-state index contributed by atoms with van der Waals surface area (Å²) in [6.07, 6.45) is 2.44. The molecule has 0 aromatic rings. The Morgan fingerprint density at radius 2 is 1.67 bits per heavy atom. The lowest BCUT2D eigenvalue weighted by atomic mass is 9.84. The van der Waals surface area contributed by atoms with Crippen molar-refractivity contribution in [1.29, 1.82) is 0 Å². The lowest BCUT2D eigenvalue weighted by Gasteiger charge is -2.38. The van der Waals surface area contributed by atoms with Gasteiger partial charge in [0.2, 0.25) is 23.5 Å². The number of carbonyl (C=O) groups excluding carboxylic acids is 5. The highest BCUT2D eigenvalue weighted by Gasteiger charge is 2.69. The molecule has 0 spiro atoms. The number of allylic oxidation sites excluding steroid dienone is 1. The molecule has 0 bridgehead atoms. The predicted molar refractivity (Wildman–Crippen MR) is 137 cm³/mol. The number of hydrogen-bond acceptors (Lipinski definition) is 5. The molecule has 4 amide bonds. The minimum atomic E-state index is -1.12. The monoisotopic (exact) mass is 504 g/mol. The van der Waals surface area contributed by atoms with Crippen molar-refractivity contribution in [2.75, 3.05) is 6.54 Å². The van der Waals surface area contributed by atoms with E-state index >= 15 is 0 Å². The van der Waals surface area contributed by atoms with Crippen molar-refractivity contribution in [3.05, 3.63) is 12.7 Å². The number of rotatable bonds is 10. The van der Waals surface area contributed by atoms with Gasteiger partial charge in [-0.25, -0.2) is 0 Å². The standard InChI is InChI=1S/C27H44N4O5/c1-10-11-12-16(20(33)22(28)34)29-23(35)19-18-15(27(18,8)9)14-31(19)24(36)21(26(5,6)7)30-17(32)13-25(2,3)4/h10,15-16,18-19,21H,1,11-14H2,2-9H3,(H2,28,34)(H,29,35)(H,30,32)/t15-,16?,18-,19-,21+/m0/s1. The number of nitrogens with one attached hydrogen (secondary N) is 2. The first-order chi connectivity index (χ1) is 16.3. The number of primary amides is 1. The van der Waals surface area contributed by atoms with Gasteiger partial charge in [0.1, 0.15) is 12.1 Å². The van der Waals surface area contributed by atoms with Crippen LogP contribution in [0.1, 0.15) is 74.7 Å². The highest BCUT2D eigenvalue weighted by molar-refractivity contribution is 6.37. The Morgan fingerprint density at radius 3 is 2.14 bits per heavy atom. The smallest absolute Gasteiger partial charge is 0.287 e. The van der Waals surface area contributed by atoms with Gasteiger partial charge in [-0.3, -0.25) is 24.0 Å². The molecule has 1 aliphatic carbocycles. The number of hydrogen-bond donors (Lipinski definition) is 3. The molecular weight excluding hydrogens is 460 g/mol. The molecule has 1 saturated carbocycles. The van der Waals surface area contributed by atoms with E-state index in [1.165, 1.54) is 0 Å². The van der Waals surface area contributed by atoms with E-state index in [4.69, 9.17) is 5.73 Å². The average molecular weight is 505 g/mol. The number of piperidine rings is 1. The fourth-order valence-electron chi connectivity index (χ4n) is 5.30. The molecule has 2 fully saturated rings. The van der Waals surface area contributed by atoms with Crippen LogP contribution in [0.15, 0.2) is 12.7 Å². The van der Waals surface area contributed by atoms with E-state index in [0.29, 0.717) is 13.0 Å². The highest BCUT2D eigenvalue weighted by atomic mass is 16.2. The highest BCUT2D eigenvalue weighted by Crippen LogP contribution is 2.65. The van der Waals surface area contributed by atoms with Gasteiger partial charge in [0.15, 0.2) is 0 Å². The van der Waals surface area contributed by atoms with Crippen molar-refractivity contribution in [1.82, 2.24) is 15.5 Å². The first-order valence-corrected chi connectivity index (χ1v) is 12.7. The maximum atomic E-state index is 13.9. The molecule has 5 atom stereocenters. The van der Waals surface area contributed by atoms with Gasteiger partial charge in [-0.05, 0) is 40.9 Å². The Morgan fingerprint density at radius 1 is 1.08 bits per heavy atom. The summed E-state index contributed by atoms with van der Waals surface area (Å²) in [7, 11) is 0. The van der Waals surface area contributed by atoms with Crippen molar-refractivity contribution in [3.8, 4) is 0 Å². The molecule has 202 valence electrons. The summed E-state index contributed by atoms with van der Waals surface area (Å²) in [4.78, 5) is 65.6. The van der Waals surface area contributed by atoms with E-state index in [2.05, 4.69) is 31.1 Å². The Kier molecular flexibility index (Phi) is 8.48. The minimum absolute atomic E-state index is 0.0870. The maximum absolute atomic E-state index is 13.9. The number of carbonyl (C=O) groups is 5. The largest absolute Gasteiger partial charge is 0.363 e. The van der Waals surface area contributed by atoms with Crippen LogP contribution in [-0.4, -0.2) is 59.0 Å². The van der Waals surface area contributed by atoms with Crippen LogP contribution in [0, 0.1) is 28.1 Å². The third-order valence-corrected chi connectivity index (χ3v) is 7.40. The fraction of sp³-hybridized carbons (Fsp3) is 0.741. The molecular formula is C27H44N4O5. The van der Waals surface area contributed by atoms with Gasteiger partial charge in [-0.2, -0.15) is 0 Å². The number of Topliss-reactive ketones (excluding diaryl/α,β-unsaturated/α-hetero) is 1. The summed E-state index contributed by atoms with van der Waals surface area (Å²) in [5.41, 5.74) is 4.22. The van der Waals surface area contributed by atoms with Crippen LogP contribution in [0.4, 0.5) is 0 Å². The van der Waals surface area contributed by atoms with Crippen LogP contribution in [0.25, 0.3) is 0 Å². The Hall–Kier alpha value is -2.71. The second-order valence-corrected chi connectivity index (χ2v) is 13.1. The molecule has 1 saturated heterocycles. The Bertz CT molecular complexity index is 927. The van der Waals surface area contributed by atoms with Crippen LogP contribution < -0.4 is 16.4 Å². The number of fused-ring (bicyclic) bond motifs is 1. The molecule has 0 aromatic heterocycles. The van der Waals surface area contributed by atoms with E-state index in [-0.39, 0.29) is 47.3 Å². The van der Waals surface area contributed by atoms with E-state index in [1.54, 1.807) is 11.0 Å². The third kappa shape index (κ3) is 6.53. The molecule has 36 heavy (non-hydrogen) atoms. The molecule has 9 nitrogen and oxygen atoms in total. The molecule has 2 rings (SSSR count). The van der Waals surface area contributed by atoms with Crippen molar-refractivity contribution in [2.24, 2.45) is 33.8 Å². The number of nitrogens with zero attached hydrogens (tertiary/aromatic N) is 1. The number of amides is 4. The van der Waals surface area contributed by atoms with Crippen molar-refractivity contribution >= 4 is 29.4 Å². The van der Waals surface area contributed by atoms with Gasteiger partial charge in [0, 0.05) is 13.0 Å². The zero-order valence-corrected chi connectivity index (χ0v) is 23.1. The molecule has 1 aliphatic heterocycles. The van der Waals surface area contributed by atoms with E-state index in [1.807, 2.05) is 41.5 Å². The quantitative estimate of drug-likeness (QED) is 0.308. The second-order valence-electron chi connectivity index (χ2n) is 13.1. The van der Waals surface area contributed by atoms with Crippen LogP contribution in [-0.2, 0) is 24.0 Å². The van der Waals surface area contributed by atoms with E-state index < -0.39 is 41.1 Å². The second kappa shape index (κ2) is 10.3. The number of nitrogens with two attached hydrogens (primary N) is 1. The van der Waals surface area contributed by atoms with Gasteiger partial charge < -0.3 is 21.3 Å². The molecule has 9 heteroatoms. The summed E-state index contributed by atoms with van der Waals surface area (Å²) in [5, 5.41) is 5.60. The zero-order chi connectivity index (χ0) is 27.8. The van der Waals surface area contributed by atoms with Gasteiger partial charge in [0.25, 0.3) is 5.91 Å². The van der Waals surface area contributed by atoms with Crippen molar-refractivity contribution < 1.29 is 24.0 Å². The average Bonchev–Trinajstić information content (AvgIpc) is 3.07. The minimum Gasteiger partial charge on any atom is -0.363 e. The van der Waals surface area contributed by atoms with Gasteiger partial charge in [0.05, 0.1) is 6.04 Å². The van der Waals surface area contributed by atoms with Gasteiger partial charge in [-0.15, -0.1) is 6.58 Å². The molecule has 4 N–H and O–H groups in total. The topological polar surface area (TPSA) is 139 Å². The van der Waals surface area contributed by atoms with E-state index in [0.717, 1.165) is 0 Å². The summed E-state index contributed by atoms with van der Waals surface area (Å²) < 4.78 is 0. The molecule has 1 heterocycles. The zero-order valence-electron chi connectivity index (χ0n) is 23.1. The maximum Gasteiger partial charge on any atom is 0.287 e. The summed E-state index contributed by atoms with van der Waals surface area (Å²) in [5.74, 6) is -3.00. The summed E-state index contributed by atoms with van der Waals surface area (Å²) >= 11 is 0. The molecule has 1 unspecified atom stereocenters. The van der Waals surface area contributed by atoms with Crippen LogP contribution in [0.2, 0.25) is 0 Å². The predicted octanol–water partition coefficient (Wildman–Crippen LogP) is 1.94. The molecule has 2 aliphatic rings. The SMILES string of the molecule is C=CCCC(NC(=O)[C@@H]1[C@@H]2[C@H](CN1C(=O)[C@@H](NC(=O)CC(C)(C)C)C(C)(C)C)C2(C)C)C(=O)C(N)=O. The van der Waals surface area contributed by atoms with Crippen molar-refractivity contribution in [2.45, 2.75) is 92.8 Å². The number of likely N-dealkylation sites (tertiary alicyclic amines) is 1. The molecule has 0 aromatic carbocycles. The summed E-state index contributed by atoms with van der Waals surface area (Å²) in [6, 6.07) is -2.73. The Labute approximate surface area is 215 Å². The fourth-order valence-corrected chi connectivity index (χ4v) is 5.30. The van der Waals surface area contributed by atoms with Crippen molar-refractivity contribution in [3.63, 3.8) is 0 Å². The van der Waals surface area contributed by atoms with Crippen LogP contribution in [0.5, 0.6) is 0 Å². The van der Waals surface area contributed by atoms with E-state index in [9.17, 15) is 24.0 Å². The Balaban J connectivity index is 2.32. The molecule has 0 radical (unpaired) electrons. The first kappa shape index (κ1) is 29.5. The van der Waals surface area contributed by atoms with Crippen LogP contribution in [0.3, 0.4) is 0 Å². The first-order valence-electron chi connectivity index (χ1n) is 12.7. The lowest BCUT2D eigenvalue weighted by Crippen LogP contribution is -2.60. The van der Waals surface area contributed by atoms with Gasteiger partial charge in [-0.1, -0.05) is 61.5 Å². The lowest BCUT2D eigenvalue weighted by molar-refractivity contribution is -0.146. The number of ketones is 1.